The third-order valence-electron chi connectivity index (χ3n) is 6.73. The van der Waals surface area contributed by atoms with E-state index in [9.17, 15) is 19.5 Å². The van der Waals surface area contributed by atoms with Crippen LogP contribution in [-0.4, -0.2) is 73.3 Å². The lowest BCUT2D eigenvalue weighted by atomic mass is 9.82. The third kappa shape index (κ3) is 7.79. The minimum absolute atomic E-state index is 0.00649. The number of aromatic carboxylic acids is 1. The fourth-order valence-electron chi connectivity index (χ4n) is 4.65. The number of hydrogen-bond acceptors (Lipinski definition) is 6. The van der Waals surface area contributed by atoms with Crippen molar-refractivity contribution in [1.29, 1.82) is 0 Å². The molecule has 0 radical (unpaired) electrons. The number of amides is 2. The van der Waals surface area contributed by atoms with Crippen LogP contribution in [0.4, 0.5) is 5.69 Å². The summed E-state index contributed by atoms with van der Waals surface area (Å²) in [6, 6.07) is 0.683. The number of nitrogens with zero attached hydrogens (tertiary/aromatic N) is 2. The molecule has 204 valence electrons. The second kappa shape index (κ2) is 12.9. The first kappa shape index (κ1) is 29.2. The van der Waals surface area contributed by atoms with Crippen molar-refractivity contribution in [3.63, 3.8) is 0 Å². The maximum Gasteiger partial charge on any atom is 0.348 e. The highest BCUT2D eigenvalue weighted by atomic mass is 32.1. The van der Waals surface area contributed by atoms with Gasteiger partial charge in [-0.1, -0.05) is 18.8 Å². The molecule has 1 aliphatic heterocycles. The summed E-state index contributed by atoms with van der Waals surface area (Å²) in [4.78, 5) is 44.0. The highest BCUT2D eigenvalue weighted by Crippen LogP contribution is 2.36. The van der Waals surface area contributed by atoms with Gasteiger partial charge in [-0.15, -0.1) is 11.3 Å². The lowest BCUT2D eigenvalue weighted by molar-refractivity contribution is -0.140. The highest BCUT2D eigenvalue weighted by molar-refractivity contribution is 7.15. The van der Waals surface area contributed by atoms with E-state index in [-0.39, 0.29) is 40.3 Å². The van der Waals surface area contributed by atoms with E-state index in [4.69, 9.17) is 9.47 Å². The predicted molar refractivity (Wildman–Crippen MR) is 144 cm³/mol. The van der Waals surface area contributed by atoms with Crippen LogP contribution in [0.15, 0.2) is 6.07 Å². The van der Waals surface area contributed by atoms with Gasteiger partial charge in [-0.2, -0.15) is 0 Å². The van der Waals surface area contributed by atoms with Crippen LogP contribution >= 0.6 is 11.3 Å². The van der Waals surface area contributed by atoms with Crippen LogP contribution < -0.4 is 4.90 Å². The minimum atomic E-state index is -1.15. The highest BCUT2D eigenvalue weighted by Gasteiger charge is 2.40. The molecule has 1 saturated carbocycles. The van der Waals surface area contributed by atoms with Gasteiger partial charge in [0.1, 0.15) is 10.9 Å². The summed E-state index contributed by atoms with van der Waals surface area (Å²) < 4.78 is 11.1. The normalized spacial score (nSPS) is 21.1. The molecule has 0 aromatic carbocycles. The SMILES string of the molecule is CCOC[C@H](C(=O)N1CCOCC1)N(C(=O)C1CCC(C)CC1)c1cc(C#CC(C)(C)C)sc1C(=O)O. The number of ether oxygens (including phenoxy) is 2. The quantitative estimate of drug-likeness (QED) is 0.503. The molecule has 2 amide bonds. The Bertz CT molecular complexity index is 1020. The molecule has 1 atom stereocenters. The Morgan fingerprint density at radius 3 is 2.43 bits per heavy atom. The molecular formula is C28H40N2O6S. The fraction of sp³-hybridized carbons (Fsp3) is 0.679. The molecule has 0 spiro atoms. The lowest BCUT2D eigenvalue weighted by Gasteiger charge is -2.38. The van der Waals surface area contributed by atoms with Gasteiger partial charge in [-0.25, -0.2) is 4.79 Å². The Morgan fingerprint density at radius 2 is 1.86 bits per heavy atom. The number of carbonyl (C=O) groups is 3. The van der Waals surface area contributed by atoms with Crippen molar-refractivity contribution in [2.24, 2.45) is 17.3 Å². The monoisotopic (exact) mass is 532 g/mol. The van der Waals surface area contributed by atoms with Crippen molar-refractivity contribution in [3.8, 4) is 11.8 Å². The van der Waals surface area contributed by atoms with Gasteiger partial charge >= 0.3 is 5.97 Å². The second-order valence-corrected chi connectivity index (χ2v) is 12.0. The summed E-state index contributed by atoms with van der Waals surface area (Å²) in [5.41, 5.74) is -0.0447. The van der Waals surface area contributed by atoms with Crippen molar-refractivity contribution in [1.82, 2.24) is 4.90 Å². The van der Waals surface area contributed by atoms with Crippen LogP contribution in [0.5, 0.6) is 0 Å². The van der Waals surface area contributed by atoms with E-state index in [1.165, 1.54) is 4.90 Å². The molecule has 2 aliphatic rings. The summed E-state index contributed by atoms with van der Waals surface area (Å²) in [5.74, 6) is 4.88. The van der Waals surface area contributed by atoms with Crippen LogP contribution in [0.2, 0.25) is 0 Å². The van der Waals surface area contributed by atoms with Gasteiger partial charge in [0.2, 0.25) is 11.8 Å². The minimum Gasteiger partial charge on any atom is -0.477 e. The van der Waals surface area contributed by atoms with E-state index in [0.717, 1.165) is 24.2 Å². The Balaban J connectivity index is 2.11. The van der Waals surface area contributed by atoms with Gasteiger partial charge in [0, 0.05) is 31.0 Å². The van der Waals surface area contributed by atoms with Crippen molar-refractivity contribution in [3.05, 3.63) is 15.8 Å². The molecule has 1 aromatic rings. The summed E-state index contributed by atoms with van der Waals surface area (Å²) in [6.45, 7) is 12.0. The molecule has 9 heteroatoms. The molecule has 37 heavy (non-hydrogen) atoms. The second-order valence-electron chi connectivity index (χ2n) is 10.9. The van der Waals surface area contributed by atoms with Crippen molar-refractivity contribution in [2.75, 3.05) is 44.4 Å². The van der Waals surface area contributed by atoms with E-state index in [1.807, 2.05) is 27.7 Å². The van der Waals surface area contributed by atoms with Gasteiger partial charge < -0.3 is 19.5 Å². The van der Waals surface area contributed by atoms with Gasteiger partial charge in [-0.05, 0) is 65.4 Å². The Morgan fingerprint density at radius 1 is 1.22 bits per heavy atom. The molecular weight excluding hydrogens is 492 g/mol. The van der Waals surface area contributed by atoms with Gasteiger partial charge in [-0.3, -0.25) is 14.5 Å². The molecule has 8 nitrogen and oxygen atoms in total. The smallest absolute Gasteiger partial charge is 0.348 e. The first-order valence-electron chi connectivity index (χ1n) is 13.2. The van der Waals surface area contributed by atoms with Crippen LogP contribution in [0.25, 0.3) is 0 Å². The van der Waals surface area contributed by atoms with Crippen LogP contribution in [0.3, 0.4) is 0 Å². The van der Waals surface area contributed by atoms with E-state index < -0.39 is 12.0 Å². The number of carbonyl (C=O) groups excluding carboxylic acids is 2. The van der Waals surface area contributed by atoms with Crippen LogP contribution in [0, 0.1) is 29.1 Å². The molecule has 0 bridgehead atoms. The van der Waals surface area contributed by atoms with E-state index >= 15 is 0 Å². The zero-order valence-electron chi connectivity index (χ0n) is 22.7. The maximum absolute atomic E-state index is 14.1. The largest absolute Gasteiger partial charge is 0.477 e. The summed E-state index contributed by atoms with van der Waals surface area (Å²) in [6.07, 6.45) is 3.28. The molecule has 1 N–H and O–H groups in total. The summed E-state index contributed by atoms with van der Waals surface area (Å²) >= 11 is 1.04. The Hall–Kier alpha value is -2.41. The number of morpholine rings is 1. The van der Waals surface area contributed by atoms with E-state index in [1.54, 1.807) is 11.0 Å². The van der Waals surface area contributed by atoms with Crippen LogP contribution in [0.1, 0.15) is 74.9 Å². The molecule has 3 rings (SSSR count). The molecule has 1 aliphatic carbocycles. The van der Waals surface area contributed by atoms with Crippen LogP contribution in [-0.2, 0) is 19.1 Å². The molecule has 0 unspecified atom stereocenters. The van der Waals surface area contributed by atoms with Gasteiger partial charge in [0.25, 0.3) is 0 Å². The number of anilines is 1. The molecule has 2 fully saturated rings. The number of thiophene rings is 1. The first-order valence-corrected chi connectivity index (χ1v) is 14.0. The number of carboxylic acids is 1. The van der Waals surface area contributed by atoms with Crippen molar-refractivity contribution < 1.29 is 29.0 Å². The first-order chi connectivity index (χ1) is 17.5. The fourth-order valence-corrected chi connectivity index (χ4v) is 5.49. The third-order valence-corrected chi connectivity index (χ3v) is 7.76. The average molecular weight is 533 g/mol. The number of hydrogen-bond donors (Lipinski definition) is 1. The van der Waals surface area contributed by atoms with Crippen molar-refractivity contribution >= 4 is 34.8 Å². The van der Waals surface area contributed by atoms with Gasteiger partial charge in [0.15, 0.2) is 0 Å². The topological polar surface area (TPSA) is 96.4 Å². The Labute approximate surface area is 224 Å². The molecule has 1 saturated heterocycles. The van der Waals surface area contributed by atoms with Gasteiger partial charge in [0.05, 0.1) is 30.4 Å². The standard InChI is InChI=1S/C28H40N2O6S/c1-6-35-18-23(26(32)29-13-15-36-16-14-29)30(25(31)20-9-7-19(2)8-10-20)22-17-21(11-12-28(3,4)5)37-24(22)27(33)34/h17,19-20,23H,6-10,13-16,18H2,1-5H3,(H,33,34)/t19?,20?,23-/m1/s1. The summed E-state index contributed by atoms with van der Waals surface area (Å²) in [5, 5.41) is 10.1. The average Bonchev–Trinajstić information content (AvgIpc) is 3.29. The maximum atomic E-state index is 14.1. The zero-order chi connectivity index (χ0) is 27.2. The Kier molecular flexibility index (Phi) is 10.2. The summed E-state index contributed by atoms with van der Waals surface area (Å²) in [7, 11) is 0. The molecule has 1 aromatic heterocycles. The lowest BCUT2D eigenvalue weighted by Crippen LogP contribution is -2.57. The van der Waals surface area contributed by atoms with Crippen molar-refractivity contribution in [2.45, 2.75) is 66.3 Å². The van der Waals surface area contributed by atoms with E-state index in [2.05, 4.69) is 18.8 Å². The predicted octanol–water partition coefficient (Wildman–Crippen LogP) is 4.27. The molecule has 2 heterocycles. The number of carboxylic acid groups (broad SMARTS) is 1. The van der Waals surface area contributed by atoms with E-state index in [0.29, 0.717) is 56.5 Å². The zero-order valence-corrected chi connectivity index (χ0v) is 23.5. The number of rotatable bonds is 8.